The molecule has 186 valence electrons. The molecule has 2 heterocycles. The Balaban J connectivity index is 1.41. The first-order valence-corrected chi connectivity index (χ1v) is 11.9. The van der Waals surface area contributed by atoms with Crippen molar-refractivity contribution in [3.63, 3.8) is 0 Å². The average Bonchev–Trinajstić information content (AvgIpc) is 2.83. The van der Waals surface area contributed by atoms with Crippen LogP contribution in [0.3, 0.4) is 0 Å². The zero-order valence-electron chi connectivity index (χ0n) is 19.9. The second kappa shape index (κ2) is 10.9. The van der Waals surface area contributed by atoms with Crippen molar-refractivity contribution in [2.24, 2.45) is 0 Å². The smallest absolute Gasteiger partial charge is 0.257 e. The summed E-state index contributed by atoms with van der Waals surface area (Å²) in [5.41, 5.74) is 1.46. The normalized spacial score (nSPS) is 21.6. The van der Waals surface area contributed by atoms with E-state index in [1.165, 1.54) is 24.3 Å². The SMILES string of the molecule is CCCC(=O)Nc1ccc2c(c1)C(=O)N(C)[C@H]1CC[C@H](CC(=O)Nc3ccc(F)cc3)O[C@@H]1CO2. The van der Waals surface area contributed by atoms with Crippen LogP contribution < -0.4 is 15.4 Å². The highest BCUT2D eigenvalue weighted by Crippen LogP contribution is 2.32. The van der Waals surface area contributed by atoms with Gasteiger partial charge in [0.1, 0.15) is 24.3 Å². The molecule has 3 atom stereocenters. The van der Waals surface area contributed by atoms with E-state index in [1.807, 2.05) is 6.92 Å². The number of carbonyl (C=O) groups is 3. The molecule has 2 aliphatic rings. The van der Waals surface area contributed by atoms with Crippen molar-refractivity contribution in [2.45, 2.75) is 57.3 Å². The van der Waals surface area contributed by atoms with E-state index in [0.717, 1.165) is 6.42 Å². The first-order valence-electron chi connectivity index (χ1n) is 11.9. The Morgan fingerprint density at radius 3 is 2.51 bits per heavy atom. The van der Waals surface area contributed by atoms with E-state index in [0.29, 0.717) is 42.0 Å². The minimum Gasteiger partial charge on any atom is -0.490 e. The standard InChI is InChI=1S/C26H30FN3O5/c1-3-4-24(31)29-18-9-12-22-20(13-18)26(33)30(2)21-11-10-19(35-23(21)15-34-22)14-25(32)28-17-7-5-16(27)6-8-17/h5-9,12-13,19,21,23H,3-4,10-11,14-15H2,1-2H3,(H,28,32)(H,29,31)/t19-,21+,23-/m1/s1. The Morgan fingerprint density at radius 2 is 1.77 bits per heavy atom. The molecule has 2 aliphatic heterocycles. The Hall–Kier alpha value is -3.46. The van der Waals surface area contributed by atoms with Crippen LogP contribution in [0.5, 0.6) is 5.75 Å². The monoisotopic (exact) mass is 483 g/mol. The van der Waals surface area contributed by atoms with E-state index in [1.54, 1.807) is 30.1 Å². The Morgan fingerprint density at radius 1 is 1.06 bits per heavy atom. The van der Waals surface area contributed by atoms with Gasteiger partial charge in [0, 0.05) is 24.8 Å². The van der Waals surface area contributed by atoms with E-state index < -0.39 is 6.10 Å². The van der Waals surface area contributed by atoms with Crippen LogP contribution in [0, 0.1) is 5.82 Å². The number of likely N-dealkylation sites (N-methyl/N-ethyl adjacent to an activating group) is 1. The molecule has 4 rings (SSSR count). The van der Waals surface area contributed by atoms with Gasteiger partial charge in [0.2, 0.25) is 11.8 Å². The second-order valence-corrected chi connectivity index (χ2v) is 8.94. The molecule has 1 saturated heterocycles. The molecular formula is C26H30FN3O5. The maximum absolute atomic E-state index is 13.3. The molecule has 0 aromatic heterocycles. The highest BCUT2D eigenvalue weighted by Gasteiger charge is 2.39. The predicted octanol–water partition coefficient (Wildman–Crippen LogP) is 3.97. The largest absolute Gasteiger partial charge is 0.490 e. The Labute approximate surface area is 203 Å². The maximum Gasteiger partial charge on any atom is 0.257 e. The highest BCUT2D eigenvalue weighted by atomic mass is 19.1. The molecule has 2 aromatic carbocycles. The predicted molar refractivity (Wildman–Crippen MR) is 129 cm³/mol. The number of nitrogens with one attached hydrogen (secondary N) is 2. The number of hydrogen-bond donors (Lipinski definition) is 2. The van der Waals surface area contributed by atoms with Gasteiger partial charge in [-0.15, -0.1) is 0 Å². The third-order valence-corrected chi connectivity index (χ3v) is 6.31. The number of amides is 3. The molecule has 0 spiro atoms. The summed E-state index contributed by atoms with van der Waals surface area (Å²) in [4.78, 5) is 39.4. The number of fused-ring (bicyclic) bond motifs is 2. The second-order valence-electron chi connectivity index (χ2n) is 8.94. The molecule has 3 amide bonds. The molecule has 2 N–H and O–H groups in total. The topological polar surface area (TPSA) is 97.0 Å². The molecule has 0 radical (unpaired) electrons. The van der Waals surface area contributed by atoms with Crippen molar-refractivity contribution in [2.75, 3.05) is 24.3 Å². The van der Waals surface area contributed by atoms with Gasteiger partial charge < -0.3 is 25.0 Å². The van der Waals surface area contributed by atoms with Crippen LogP contribution in [-0.2, 0) is 14.3 Å². The maximum atomic E-state index is 13.3. The number of nitrogens with zero attached hydrogens (tertiary/aromatic N) is 1. The van der Waals surface area contributed by atoms with Gasteiger partial charge in [-0.25, -0.2) is 4.39 Å². The molecule has 35 heavy (non-hydrogen) atoms. The number of benzene rings is 2. The first-order chi connectivity index (χ1) is 16.8. The summed E-state index contributed by atoms with van der Waals surface area (Å²) in [7, 11) is 1.74. The van der Waals surface area contributed by atoms with Crippen LogP contribution in [0.15, 0.2) is 42.5 Å². The van der Waals surface area contributed by atoms with Crippen LogP contribution in [0.4, 0.5) is 15.8 Å². The number of carbonyl (C=O) groups excluding carboxylic acids is 3. The fourth-order valence-electron chi connectivity index (χ4n) is 4.51. The molecule has 1 fully saturated rings. The van der Waals surface area contributed by atoms with Gasteiger partial charge in [0.15, 0.2) is 0 Å². The van der Waals surface area contributed by atoms with Crippen LogP contribution >= 0.6 is 0 Å². The third-order valence-electron chi connectivity index (χ3n) is 6.31. The van der Waals surface area contributed by atoms with E-state index >= 15 is 0 Å². The summed E-state index contributed by atoms with van der Waals surface area (Å²) < 4.78 is 25.2. The lowest BCUT2D eigenvalue weighted by atomic mass is 9.94. The zero-order valence-corrected chi connectivity index (χ0v) is 19.9. The number of halogens is 1. The lowest BCUT2D eigenvalue weighted by Crippen LogP contribution is -2.53. The molecule has 0 aliphatic carbocycles. The van der Waals surface area contributed by atoms with Crippen LogP contribution in [0.1, 0.15) is 49.4 Å². The fourth-order valence-corrected chi connectivity index (χ4v) is 4.51. The van der Waals surface area contributed by atoms with Gasteiger partial charge in [-0.1, -0.05) is 6.92 Å². The summed E-state index contributed by atoms with van der Waals surface area (Å²) in [6.45, 7) is 2.16. The van der Waals surface area contributed by atoms with E-state index in [9.17, 15) is 18.8 Å². The van der Waals surface area contributed by atoms with E-state index in [4.69, 9.17) is 9.47 Å². The van der Waals surface area contributed by atoms with Gasteiger partial charge in [-0.05, 0) is 61.7 Å². The van der Waals surface area contributed by atoms with Crippen LogP contribution in [0.2, 0.25) is 0 Å². The lowest BCUT2D eigenvalue weighted by Gasteiger charge is -2.42. The van der Waals surface area contributed by atoms with E-state index in [-0.39, 0.29) is 48.7 Å². The average molecular weight is 484 g/mol. The Kier molecular flexibility index (Phi) is 7.65. The van der Waals surface area contributed by atoms with Gasteiger partial charge in [-0.2, -0.15) is 0 Å². The summed E-state index contributed by atoms with van der Waals surface area (Å²) in [5.74, 6) is -0.480. The highest BCUT2D eigenvalue weighted by molar-refractivity contribution is 5.99. The molecule has 8 nitrogen and oxygen atoms in total. The van der Waals surface area contributed by atoms with Gasteiger partial charge >= 0.3 is 0 Å². The lowest BCUT2D eigenvalue weighted by molar-refractivity contribution is -0.130. The van der Waals surface area contributed by atoms with Crippen molar-refractivity contribution in [3.8, 4) is 5.75 Å². The molecule has 0 saturated carbocycles. The number of anilines is 2. The van der Waals surface area contributed by atoms with Crippen molar-refractivity contribution in [1.82, 2.24) is 4.90 Å². The molecule has 0 bridgehead atoms. The summed E-state index contributed by atoms with van der Waals surface area (Å²) in [6.07, 6.45) is 1.85. The minimum absolute atomic E-state index is 0.102. The third kappa shape index (κ3) is 5.97. The number of ether oxygens (including phenoxy) is 2. The fraction of sp³-hybridized carbons (Fsp3) is 0.423. The van der Waals surface area contributed by atoms with E-state index in [2.05, 4.69) is 10.6 Å². The summed E-state index contributed by atoms with van der Waals surface area (Å²) in [6, 6.07) is 10.4. The molecule has 2 aromatic rings. The van der Waals surface area contributed by atoms with Crippen molar-refractivity contribution < 1.29 is 28.2 Å². The molecule has 0 unspecified atom stereocenters. The first kappa shape index (κ1) is 24.7. The Bertz CT molecular complexity index is 1090. The van der Waals surface area contributed by atoms with Gasteiger partial charge in [0.25, 0.3) is 5.91 Å². The van der Waals surface area contributed by atoms with Crippen molar-refractivity contribution in [1.29, 1.82) is 0 Å². The quantitative estimate of drug-likeness (QED) is 0.648. The number of hydrogen-bond acceptors (Lipinski definition) is 5. The van der Waals surface area contributed by atoms with Gasteiger partial charge in [-0.3, -0.25) is 14.4 Å². The minimum atomic E-state index is -0.390. The number of rotatable bonds is 6. The van der Waals surface area contributed by atoms with Gasteiger partial charge in [0.05, 0.1) is 24.1 Å². The summed E-state index contributed by atoms with van der Waals surface area (Å²) >= 11 is 0. The zero-order chi connectivity index (χ0) is 24.9. The summed E-state index contributed by atoms with van der Waals surface area (Å²) in [5, 5.41) is 5.57. The van der Waals surface area contributed by atoms with Crippen LogP contribution in [-0.4, -0.2) is 54.5 Å². The van der Waals surface area contributed by atoms with Crippen LogP contribution in [0.25, 0.3) is 0 Å². The molecular weight excluding hydrogens is 453 g/mol. The van der Waals surface area contributed by atoms with Crippen molar-refractivity contribution >= 4 is 29.1 Å². The molecule has 9 heteroatoms. The van der Waals surface area contributed by atoms with Crippen molar-refractivity contribution in [3.05, 3.63) is 53.8 Å².